The van der Waals surface area contributed by atoms with E-state index in [-0.39, 0.29) is 10.8 Å². The summed E-state index contributed by atoms with van der Waals surface area (Å²) in [5.74, 6) is 1.15. The number of halogens is 2. The van der Waals surface area contributed by atoms with Crippen LogP contribution in [0.15, 0.2) is 47.4 Å². The van der Waals surface area contributed by atoms with Crippen LogP contribution in [0.5, 0.6) is 0 Å². The SMILES string of the molecule is CNS(=O)(=O)c1cccc(C(=O)NCCSCc2ccc(Cl)c(Cl)c2)c1. The largest absolute Gasteiger partial charge is 0.351 e. The fourth-order valence-electron chi connectivity index (χ4n) is 2.08. The second kappa shape index (κ2) is 9.62. The molecule has 2 aromatic carbocycles. The van der Waals surface area contributed by atoms with Gasteiger partial charge in [0.05, 0.1) is 14.9 Å². The van der Waals surface area contributed by atoms with Gasteiger partial charge in [0.2, 0.25) is 10.0 Å². The number of rotatable bonds is 8. The van der Waals surface area contributed by atoms with Crippen molar-refractivity contribution in [2.75, 3.05) is 19.3 Å². The lowest BCUT2D eigenvalue weighted by Crippen LogP contribution is -2.26. The Morgan fingerprint density at radius 3 is 2.58 bits per heavy atom. The highest BCUT2D eigenvalue weighted by Gasteiger charge is 2.14. The Hall–Kier alpha value is -1.25. The Balaban J connectivity index is 1.82. The van der Waals surface area contributed by atoms with Crippen LogP contribution >= 0.6 is 35.0 Å². The standard InChI is InChI=1S/C17H18Cl2N2O3S2/c1-20-26(23,24)14-4-2-3-13(10-14)17(22)21-7-8-25-11-12-5-6-15(18)16(19)9-12/h2-6,9-10,20H,7-8,11H2,1H3,(H,21,22). The first-order valence-electron chi connectivity index (χ1n) is 7.67. The van der Waals surface area contributed by atoms with Crippen molar-refractivity contribution in [2.24, 2.45) is 0 Å². The second-order valence-electron chi connectivity index (χ2n) is 5.29. The van der Waals surface area contributed by atoms with Gasteiger partial charge in [-0.3, -0.25) is 4.79 Å². The Bertz CT molecular complexity index is 889. The van der Waals surface area contributed by atoms with Crippen LogP contribution in [-0.2, 0) is 15.8 Å². The fraction of sp³-hybridized carbons (Fsp3) is 0.235. The molecular formula is C17H18Cl2N2O3S2. The van der Waals surface area contributed by atoms with Gasteiger partial charge in [-0.25, -0.2) is 13.1 Å². The zero-order chi connectivity index (χ0) is 19.2. The molecule has 0 bridgehead atoms. The molecule has 26 heavy (non-hydrogen) atoms. The number of amides is 1. The normalized spacial score (nSPS) is 11.3. The molecule has 0 aromatic heterocycles. The monoisotopic (exact) mass is 432 g/mol. The van der Waals surface area contributed by atoms with Gasteiger partial charge < -0.3 is 5.32 Å². The van der Waals surface area contributed by atoms with Crippen molar-refractivity contribution < 1.29 is 13.2 Å². The number of hydrogen-bond donors (Lipinski definition) is 2. The maximum absolute atomic E-state index is 12.2. The Morgan fingerprint density at radius 1 is 1.12 bits per heavy atom. The van der Waals surface area contributed by atoms with Crippen LogP contribution in [0, 0.1) is 0 Å². The van der Waals surface area contributed by atoms with Crippen LogP contribution in [0.3, 0.4) is 0 Å². The van der Waals surface area contributed by atoms with Gasteiger partial charge in [0.15, 0.2) is 0 Å². The van der Waals surface area contributed by atoms with Crippen LogP contribution < -0.4 is 10.0 Å². The molecule has 0 saturated carbocycles. The maximum Gasteiger partial charge on any atom is 0.251 e. The van der Waals surface area contributed by atoms with Gasteiger partial charge in [-0.1, -0.05) is 35.3 Å². The van der Waals surface area contributed by atoms with Crippen LogP contribution in [0.4, 0.5) is 0 Å². The molecule has 0 fully saturated rings. The van der Waals surface area contributed by atoms with Crippen molar-refractivity contribution in [3.63, 3.8) is 0 Å². The average Bonchev–Trinajstić information content (AvgIpc) is 2.64. The third-order valence-corrected chi connectivity index (χ3v) is 6.64. The van der Waals surface area contributed by atoms with Crippen molar-refractivity contribution in [1.82, 2.24) is 10.0 Å². The summed E-state index contributed by atoms with van der Waals surface area (Å²) in [6, 6.07) is 11.4. The van der Waals surface area contributed by atoms with E-state index < -0.39 is 10.0 Å². The van der Waals surface area contributed by atoms with E-state index >= 15 is 0 Å². The molecular weight excluding hydrogens is 415 g/mol. The molecule has 140 valence electrons. The summed E-state index contributed by atoms with van der Waals surface area (Å²) in [4.78, 5) is 12.2. The molecule has 0 spiro atoms. The van der Waals surface area contributed by atoms with E-state index in [0.29, 0.717) is 27.9 Å². The van der Waals surface area contributed by atoms with Gasteiger partial charge in [0.1, 0.15) is 0 Å². The van der Waals surface area contributed by atoms with E-state index in [0.717, 1.165) is 11.3 Å². The summed E-state index contributed by atoms with van der Waals surface area (Å²) in [7, 11) is -2.25. The third kappa shape index (κ3) is 5.89. The zero-order valence-electron chi connectivity index (χ0n) is 14.0. The zero-order valence-corrected chi connectivity index (χ0v) is 17.1. The summed E-state index contributed by atoms with van der Waals surface area (Å²) in [6.07, 6.45) is 0. The van der Waals surface area contributed by atoms with Gasteiger partial charge in [0, 0.05) is 23.6 Å². The number of nitrogens with one attached hydrogen (secondary N) is 2. The highest BCUT2D eigenvalue weighted by molar-refractivity contribution is 7.98. The lowest BCUT2D eigenvalue weighted by Gasteiger charge is -2.08. The van der Waals surface area contributed by atoms with Gasteiger partial charge in [-0.05, 0) is 42.9 Å². The van der Waals surface area contributed by atoms with Gasteiger partial charge in [0.25, 0.3) is 5.91 Å². The van der Waals surface area contributed by atoms with Crippen molar-refractivity contribution >= 4 is 50.9 Å². The van der Waals surface area contributed by atoms with Crippen LogP contribution in [0.25, 0.3) is 0 Å². The number of thioether (sulfide) groups is 1. The average molecular weight is 433 g/mol. The minimum Gasteiger partial charge on any atom is -0.351 e. The van der Waals surface area contributed by atoms with Crippen molar-refractivity contribution in [3.05, 3.63) is 63.6 Å². The van der Waals surface area contributed by atoms with Gasteiger partial charge in [-0.2, -0.15) is 11.8 Å². The molecule has 1 amide bonds. The molecule has 0 aliphatic rings. The van der Waals surface area contributed by atoms with E-state index in [1.54, 1.807) is 23.9 Å². The first-order chi connectivity index (χ1) is 12.3. The molecule has 0 aliphatic carbocycles. The second-order valence-corrected chi connectivity index (χ2v) is 9.10. The Kier molecular flexibility index (Phi) is 7.79. The minimum atomic E-state index is -3.57. The topological polar surface area (TPSA) is 75.3 Å². The molecule has 0 heterocycles. The Morgan fingerprint density at radius 2 is 1.88 bits per heavy atom. The molecule has 2 rings (SSSR count). The molecule has 0 saturated heterocycles. The highest BCUT2D eigenvalue weighted by Crippen LogP contribution is 2.24. The van der Waals surface area contributed by atoms with E-state index in [1.807, 2.05) is 12.1 Å². The number of hydrogen-bond acceptors (Lipinski definition) is 4. The summed E-state index contributed by atoms with van der Waals surface area (Å²) in [5, 5.41) is 3.83. The van der Waals surface area contributed by atoms with E-state index in [4.69, 9.17) is 23.2 Å². The lowest BCUT2D eigenvalue weighted by atomic mass is 10.2. The molecule has 5 nitrogen and oxygen atoms in total. The van der Waals surface area contributed by atoms with Crippen molar-refractivity contribution in [2.45, 2.75) is 10.6 Å². The maximum atomic E-state index is 12.2. The third-order valence-electron chi connectivity index (χ3n) is 3.46. The van der Waals surface area contributed by atoms with Gasteiger partial charge >= 0.3 is 0 Å². The lowest BCUT2D eigenvalue weighted by molar-refractivity contribution is 0.0956. The van der Waals surface area contributed by atoms with E-state index in [9.17, 15) is 13.2 Å². The minimum absolute atomic E-state index is 0.0571. The predicted octanol–water partition coefficient (Wildman–Crippen LogP) is 3.56. The van der Waals surface area contributed by atoms with Crippen molar-refractivity contribution in [1.29, 1.82) is 0 Å². The molecule has 0 unspecified atom stereocenters. The molecule has 2 aromatic rings. The van der Waals surface area contributed by atoms with Crippen molar-refractivity contribution in [3.8, 4) is 0 Å². The van der Waals surface area contributed by atoms with E-state index in [1.165, 1.54) is 25.2 Å². The smallest absolute Gasteiger partial charge is 0.251 e. The molecule has 0 atom stereocenters. The summed E-state index contributed by atoms with van der Waals surface area (Å²) >= 11 is 13.5. The molecule has 9 heteroatoms. The number of carbonyl (C=O) groups excluding carboxylic acids is 1. The number of sulfonamides is 1. The number of carbonyl (C=O) groups is 1. The van der Waals surface area contributed by atoms with Crippen LogP contribution in [0.1, 0.15) is 15.9 Å². The van der Waals surface area contributed by atoms with Crippen LogP contribution in [-0.4, -0.2) is 33.7 Å². The predicted molar refractivity (Wildman–Crippen MR) is 108 cm³/mol. The highest BCUT2D eigenvalue weighted by atomic mass is 35.5. The fourth-order valence-corrected chi connectivity index (χ4v) is 3.98. The van der Waals surface area contributed by atoms with Gasteiger partial charge in [-0.15, -0.1) is 0 Å². The summed E-state index contributed by atoms with van der Waals surface area (Å²) in [6.45, 7) is 0.466. The molecule has 0 radical (unpaired) electrons. The quantitative estimate of drug-likeness (QED) is 0.625. The Labute approximate surface area is 167 Å². The first-order valence-corrected chi connectivity index (χ1v) is 11.1. The molecule has 2 N–H and O–H groups in total. The number of benzene rings is 2. The van der Waals surface area contributed by atoms with Crippen LogP contribution in [0.2, 0.25) is 10.0 Å². The first kappa shape index (κ1) is 21.1. The summed E-state index contributed by atoms with van der Waals surface area (Å²) < 4.78 is 25.8. The van der Waals surface area contributed by atoms with E-state index in [2.05, 4.69) is 10.0 Å². The molecule has 0 aliphatic heterocycles. The summed E-state index contributed by atoms with van der Waals surface area (Å²) in [5.41, 5.74) is 1.36.